The van der Waals surface area contributed by atoms with E-state index >= 15 is 0 Å². The van der Waals surface area contributed by atoms with Crippen molar-refractivity contribution in [1.29, 1.82) is 0 Å². The number of aliphatic hydroxyl groups is 1. The second-order valence-electron chi connectivity index (χ2n) is 4.18. The fourth-order valence-electron chi connectivity index (χ4n) is 2.45. The Kier molecular flexibility index (Phi) is 3.54. The van der Waals surface area contributed by atoms with E-state index in [0.717, 1.165) is 22.6 Å². The fraction of sp³-hybridized carbons (Fsp3) is 0.538. The number of rotatable bonds is 3. The van der Waals surface area contributed by atoms with E-state index in [1.165, 1.54) is 0 Å². The molecule has 1 aromatic rings. The number of methoxy groups -OCH3 is 3. The van der Waals surface area contributed by atoms with E-state index in [4.69, 9.17) is 14.2 Å². The largest absolute Gasteiger partial charge is 0.496 e. The molecule has 2 rings (SSSR count). The van der Waals surface area contributed by atoms with E-state index in [0.29, 0.717) is 12.8 Å². The van der Waals surface area contributed by atoms with Crippen molar-refractivity contribution in [3.8, 4) is 11.5 Å². The summed E-state index contributed by atoms with van der Waals surface area (Å²) in [6.45, 7) is 0. The van der Waals surface area contributed by atoms with Crippen molar-refractivity contribution >= 4 is 0 Å². The molecule has 1 aliphatic rings. The molecular formula is C13H18O4. The molecule has 17 heavy (non-hydrogen) atoms. The van der Waals surface area contributed by atoms with E-state index in [-0.39, 0.29) is 6.10 Å². The Labute approximate surface area is 101 Å². The Bertz CT molecular complexity index is 403. The van der Waals surface area contributed by atoms with Gasteiger partial charge < -0.3 is 19.3 Å². The maximum atomic E-state index is 9.86. The van der Waals surface area contributed by atoms with Gasteiger partial charge in [0, 0.05) is 31.1 Å². The van der Waals surface area contributed by atoms with Gasteiger partial charge in [-0.25, -0.2) is 0 Å². The predicted octanol–water partition coefficient (Wildman–Crippen LogP) is 1.70. The number of hydrogen-bond donors (Lipinski definition) is 1. The zero-order chi connectivity index (χ0) is 12.4. The van der Waals surface area contributed by atoms with Crippen LogP contribution in [0.2, 0.25) is 0 Å². The minimum absolute atomic E-state index is 0.140. The van der Waals surface area contributed by atoms with Gasteiger partial charge in [-0.2, -0.15) is 0 Å². The molecule has 0 unspecified atom stereocenters. The second-order valence-corrected chi connectivity index (χ2v) is 4.18. The van der Waals surface area contributed by atoms with Gasteiger partial charge in [-0.15, -0.1) is 0 Å². The molecule has 1 aliphatic carbocycles. The van der Waals surface area contributed by atoms with Crippen LogP contribution in [-0.4, -0.2) is 32.5 Å². The molecule has 0 amide bonds. The van der Waals surface area contributed by atoms with Crippen LogP contribution in [0.1, 0.15) is 23.7 Å². The number of benzene rings is 1. The first-order chi connectivity index (χ1) is 8.21. The number of aliphatic hydroxyl groups excluding tert-OH is 1. The van der Waals surface area contributed by atoms with Gasteiger partial charge in [0.05, 0.1) is 26.4 Å². The van der Waals surface area contributed by atoms with Gasteiger partial charge >= 0.3 is 0 Å². The van der Waals surface area contributed by atoms with Crippen molar-refractivity contribution in [1.82, 2.24) is 0 Å². The van der Waals surface area contributed by atoms with Crippen LogP contribution in [0.25, 0.3) is 0 Å². The van der Waals surface area contributed by atoms with Crippen LogP contribution >= 0.6 is 0 Å². The molecular weight excluding hydrogens is 220 g/mol. The summed E-state index contributed by atoms with van der Waals surface area (Å²) in [5, 5.41) is 9.86. The first-order valence-electron chi connectivity index (χ1n) is 5.65. The molecule has 0 fully saturated rings. The minimum Gasteiger partial charge on any atom is -0.496 e. The Morgan fingerprint density at radius 1 is 1.12 bits per heavy atom. The average Bonchev–Trinajstić information content (AvgIpc) is 2.36. The van der Waals surface area contributed by atoms with E-state index in [2.05, 4.69) is 0 Å². The first-order valence-corrected chi connectivity index (χ1v) is 5.65. The summed E-state index contributed by atoms with van der Waals surface area (Å²) in [7, 11) is 4.91. The summed E-state index contributed by atoms with van der Waals surface area (Å²) in [6.07, 6.45) is 0.634. The zero-order valence-corrected chi connectivity index (χ0v) is 10.4. The smallest absolute Gasteiger partial charge is 0.125 e. The van der Waals surface area contributed by atoms with E-state index < -0.39 is 6.10 Å². The average molecular weight is 238 g/mol. The third-order valence-corrected chi connectivity index (χ3v) is 3.25. The molecule has 94 valence electrons. The lowest BCUT2D eigenvalue weighted by atomic mass is 9.86. The van der Waals surface area contributed by atoms with Crippen molar-refractivity contribution in [2.45, 2.75) is 25.0 Å². The SMILES string of the molecule is COc1ccc(OC)c2c1C[C@@H](O)C[C@@H]2OC. The maximum absolute atomic E-state index is 9.86. The molecule has 0 aromatic heterocycles. The molecule has 0 radical (unpaired) electrons. The normalized spacial score (nSPS) is 23.1. The van der Waals surface area contributed by atoms with Crippen LogP contribution in [0.15, 0.2) is 12.1 Å². The highest BCUT2D eigenvalue weighted by atomic mass is 16.5. The molecule has 0 heterocycles. The Morgan fingerprint density at radius 2 is 1.76 bits per heavy atom. The standard InChI is InChI=1S/C13H18O4/c1-15-10-4-5-11(16-2)13-9(10)6-8(14)7-12(13)17-3/h4-5,8,12,14H,6-7H2,1-3H3/t8-,12+/m1/s1. The van der Waals surface area contributed by atoms with Crippen molar-refractivity contribution in [2.75, 3.05) is 21.3 Å². The van der Waals surface area contributed by atoms with Crippen LogP contribution in [-0.2, 0) is 11.2 Å². The third kappa shape index (κ3) is 2.10. The van der Waals surface area contributed by atoms with Gasteiger partial charge in [0.25, 0.3) is 0 Å². The molecule has 0 aliphatic heterocycles. The van der Waals surface area contributed by atoms with Crippen molar-refractivity contribution in [3.05, 3.63) is 23.3 Å². The van der Waals surface area contributed by atoms with Crippen LogP contribution in [0, 0.1) is 0 Å². The topological polar surface area (TPSA) is 47.9 Å². The molecule has 0 spiro atoms. The van der Waals surface area contributed by atoms with Crippen molar-refractivity contribution < 1.29 is 19.3 Å². The Hall–Kier alpha value is -1.26. The van der Waals surface area contributed by atoms with Crippen molar-refractivity contribution in [2.24, 2.45) is 0 Å². The van der Waals surface area contributed by atoms with E-state index in [9.17, 15) is 5.11 Å². The molecule has 2 atom stereocenters. The number of fused-ring (bicyclic) bond motifs is 1. The Balaban J connectivity index is 2.56. The van der Waals surface area contributed by atoms with Gasteiger partial charge in [-0.1, -0.05) is 0 Å². The summed E-state index contributed by atoms with van der Waals surface area (Å²) in [5.74, 6) is 1.57. The molecule has 4 heteroatoms. The summed E-state index contributed by atoms with van der Waals surface area (Å²) in [4.78, 5) is 0. The second kappa shape index (κ2) is 4.94. The lowest BCUT2D eigenvalue weighted by Gasteiger charge is -2.30. The fourth-order valence-corrected chi connectivity index (χ4v) is 2.45. The van der Waals surface area contributed by atoms with Crippen molar-refractivity contribution in [3.63, 3.8) is 0 Å². The van der Waals surface area contributed by atoms with E-state index in [1.54, 1.807) is 21.3 Å². The zero-order valence-electron chi connectivity index (χ0n) is 10.4. The summed E-state index contributed by atoms with van der Waals surface area (Å²) in [6, 6.07) is 3.74. The van der Waals surface area contributed by atoms with Gasteiger partial charge in [0.15, 0.2) is 0 Å². The molecule has 1 aromatic carbocycles. The van der Waals surface area contributed by atoms with Crippen LogP contribution < -0.4 is 9.47 Å². The van der Waals surface area contributed by atoms with Gasteiger partial charge in [-0.3, -0.25) is 0 Å². The molecule has 0 saturated carbocycles. The number of hydrogen-bond acceptors (Lipinski definition) is 4. The van der Waals surface area contributed by atoms with Crippen LogP contribution in [0.3, 0.4) is 0 Å². The monoisotopic (exact) mass is 238 g/mol. The lowest BCUT2D eigenvalue weighted by molar-refractivity contribution is 0.0319. The first kappa shape index (κ1) is 12.2. The summed E-state index contributed by atoms with van der Waals surface area (Å²) in [5.41, 5.74) is 1.98. The highest BCUT2D eigenvalue weighted by molar-refractivity contribution is 5.51. The summed E-state index contributed by atoms with van der Waals surface area (Å²) >= 11 is 0. The Morgan fingerprint density at radius 3 is 2.35 bits per heavy atom. The third-order valence-electron chi connectivity index (χ3n) is 3.25. The predicted molar refractivity (Wildman–Crippen MR) is 63.6 cm³/mol. The van der Waals surface area contributed by atoms with Gasteiger partial charge in [0.2, 0.25) is 0 Å². The highest BCUT2D eigenvalue weighted by Gasteiger charge is 2.31. The highest BCUT2D eigenvalue weighted by Crippen LogP contribution is 2.42. The lowest BCUT2D eigenvalue weighted by Crippen LogP contribution is -2.24. The summed E-state index contributed by atoms with van der Waals surface area (Å²) < 4.78 is 16.1. The minimum atomic E-state index is -0.395. The maximum Gasteiger partial charge on any atom is 0.125 e. The van der Waals surface area contributed by atoms with Gasteiger partial charge in [0.1, 0.15) is 11.5 Å². The van der Waals surface area contributed by atoms with Crippen LogP contribution in [0.5, 0.6) is 11.5 Å². The van der Waals surface area contributed by atoms with Crippen LogP contribution in [0.4, 0.5) is 0 Å². The number of ether oxygens (including phenoxy) is 3. The molecule has 4 nitrogen and oxygen atoms in total. The molecule has 1 N–H and O–H groups in total. The quantitative estimate of drug-likeness (QED) is 0.870. The molecule has 0 saturated heterocycles. The molecule has 0 bridgehead atoms. The van der Waals surface area contributed by atoms with Gasteiger partial charge in [-0.05, 0) is 12.1 Å². The van der Waals surface area contributed by atoms with E-state index in [1.807, 2.05) is 12.1 Å².